The van der Waals surface area contributed by atoms with Gasteiger partial charge in [-0.2, -0.15) is 0 Å². The fourth-order valence-electron chi connectivity index (χ4n) is 2.61. The first-order valence-corrected chi connectivity index (χ1v) is 8.75. The van der Waals surface area contributed by atoms with Gasteiger partial charge in [-0.25, -0.2) is 0 Å². The third kappa shape index (κ3) is 3.11. The van der Waals surface area contributed by atoms with Crippen molar-refractivity contribution in [2.24, 2.45) is 5.92 Å². The second-order valence-electron chi connectivity index (χ2n) is 5.30. The second-order valence-corrected chi connectivity index (χ2v) is 8.68. The Morgan fingerprint density at radius 3 is 2.60 bits per heavy atom. The van der Waals surface area contributed by atoms with Gasteiger partial charge in [-0.05, 0) is 0 Å². The molecule has 2 atom stereocenters. The Morgan fingerprint density at radius 2 is 2.05 bits per heavy atom. The van der Waals surface area contributed by atoms with Gasteiger partial charge in [0.1, 0.15) is 0 Å². The van der Waals surface area contributed by atoms with E-state index in [0.717, 1.165) is 17.9 Å². The molecule has 0 aromatic heterocycles. The van der Waals surface area contributed by atoms with Gasteiger partial charge in [0.25, 0.3) is 0 Å². The summed E-state index contributed by atoms with van der Waals surface area (Å²) >= 11 is 5.96. The van der Waals surface area contributed by atoms with Gasteiger partial charge in [-0.3, -0.25) is 0 Å². The molecule has 2 rings (SSSR count). The van der Waals surface area contributed by atoms with E-state index in [9.17, 15) is 4.79 Å². The molecule has 1 aromatic carbocycles. The van der Waals surface area contributed by atoms with Crippen LogP contribution < -0.4 is 4.46 Å². The molecule has 0 aliphatic heterocycles. The van der Waals surface area contributed by atoms with Crippen molar-refractivity contribution in [2.45, 2.75) is 31.0 Å². The average Bonchev–Trinajstić information content (AvgIpc) is 2.43. The van der Waals surface area contributed by atoms with Gasteiger partial charge in [0.2, 0.25) is 0 Å². The number of hydrogen-bond donors (Lipinski definition) is 0. The number of esters is 1. The van der Waals surface area contributed by atoms with Crippen molar-refractivity contribution < 1.29 is 9.53 Å². The van der Waals surface area contributed by atoms with Crippen molar-refractivity contribution >= 4 is 37.0 Å². The Morgan fingerprint density at radius 1 is 1.40 bits per heavy atom. The average molecular weight is 358 g/mol. The van der Waals surface area contributed by atoms with E-state index in [0.29, 0.717) is 5.92 Å². The molecule has 0 spiro atoms. The van der Waals surface area contributed by atoms with E-state index in [1.807, 2.05) is 24.3 Å². The Hall–Kier alpha value is -0.761. The minimum atomic E-state index is -0.394. The van der Waals surface area contributed by atoms with Gasteiger partial charge in [-0.15, -0.1) is 0 Å². The fraction of sp³-hybridized carbons (Fsp3) is 0.438. The first kappa shape index (κ1) is 15.6. The van der Waals surface area contributed by atoms with Crippen molar-refractivity contribution in [2.75, 3.05) is 7.11 Å². The van der Waals surface area contributed by atoms with E-state index in [1.165, 1.54) is 17.1 Å². The molecule has 0 heterocycles. The number of hydrogen-bond acceptors (Lipinski definition) is 2. The maximum atomic E-state index is 12.4. The molecule has 0 saturated carbocycles. The summed E-state index contributed by atoms with van der Waals surface area (Å²) in [5, 5.41) is 0.726. The van der Waals surface area contributed by atoms with Crippen LogP contribution in [0, 0.1) is 5.92 Å². The number of carbonyl (C=O) groups excluding carboxylic acids is 1. The molecular formula is C16H19ClO2Se. The molecule has 2 nitrogen and oxygen atoms in total. The number of carbonyl (C=O) groups is 1. The van der Waals surface area contributed by atoms with Gasteiger partial charge in [0, 0.05) is 0 Å². The topological polar surface area (TPSA) is 26.3 Å². The van der Waals surface area contributed by atoms with Crippen LogP contribution in [0.2, 0.25) is 9.34 Å². The van der Waals surface area contributed by atoms with Crippen LogP contribution in [0.15, 0.2) is 35.9 Å². The maximum absolute atomic E-state index is 12.4. The Kier molecular flexibility index (Phi) is 4.95. The van der Waals surface area contributed by atoms with Gasteiger partial charge < -0.3 is 0 Å². The second kappa shape index (κ2) is 6.34. The van der Waals surface area contributed by atoms with Crippen molar-refractivity contribution in [3.63, 3.8) is 0 Å². The van der Waals surface area contributed by atoms with Crippen LogP contribution in [-0.2, 0) is 9.53 Å². The molecule has 1 aromatic rings. The Bertz CT molecular complexity index is 524. The van der Waals surface area contributed by atoms with E-state index in [2.05, 4.69) is 19.9 Å². The van der Waals surface area contributed by atoms with Crippen LogP contribution in [0.5, 0.6) is 0 Å². The summed E-state index contributed by atoms with van der Waals surface area (Å²) in [5.41, 5.74) is 1.36. The molecular weight excluding hydrogens is 339 g/mol. The molecule has 0 unspecified atom stereocenters. The van der Waals surface area contributed by atoms with Crippen LogP contribution in [0.4, 0.5) is 0 Å². The SMILES string of the molecule is COC(=O)[C@@]1([Se]c2ccc(Cl)cc2)CC=C(C)C[C@@H]1C. The third-order valence-electron chi connectivity index (χ3n) is 3.82. The number of methoxy groups -OCH3 is 1. The molecule has 1 aliphatic rings. The number of halogens is 1. The van der Waals surface area contributed by atoms with Crippen LogP contribution >= 0.6 is 11.6 Å². The molecule has 0 amide bonds. The summed E-state index contributed by atoms with van der Waals surface area (Å²) in [4.78, 5) is 12.4. The van der Waals surface area contributed by atoms with Crippen molar-refractivity contribution in [3.8, 4) is 0 Å². The first-order chi connectivity index (χ1) is 9.48. The zero-order chi connectivity index (χ0) is 14.8. The quantitative estimate of drug-likeness (QED) is 0.471. The number of rotatable bonds is 3. The zero-order valence-corrected chi connectivity index (χ0v) is 14.5. The normalized spacial score (nSPS) is 26.0. The molecule has 0 fully saturated rings. The summed E-state index contributed by atoms with van der Waals surface area (Å²) in [6, 6.07) is 7.81. The summed E-state index contributed by atoms with van der Waals surface area (Å²) in [6.45, 7) is 4.29. The fourth-order valence-corrected chi connectivity index (χ4v) is 5.49. The molecule has 1 aliphatic carbocycles. The molecule has 4 heteroatoms. The van der Waals surface area contributed by atoms with E-state index in [-0.39, 0.29) is 20.9 Å². The molecule has 0 N–H and O–H groups in total. The predicted octanol–water partition coefficient (Wildman–Crippen LogP) is 3.38. The Balaban J connectivity index is 2.33. The molecule has 20 heavy (non-hydrogen) atoms. The van der Waals surface area contributed by atoms with E-state index in [1.54, 1.807) is 0 Å². The van der Waals surface area contributed by atoms with Gasteiger partial charge >= 0.3 is 131 Å². The van der Waals surface area contributed by atoms with Crippen molar-refractivity contribution in [1.82, 2.24) is 0 Å². The van der Waals surface area contributed by atoms with Crippen LogP contribution in [0.3, 0.4) is 0 Å². The standard InChI is InChI=1S/C16H19ClO2Se/c1-11-8-9-16(12(2)10-11,15(18)19-3)20-14-6-4-13(17)5-7-14/h4-8,12H,9-10H2,1-3H3/t12-,16+/m0/s1. The molecule has 0 bridgehead atoms. The molecule has 108 valence electrons. The van der Waals surface area contributed by atoms with Crippen molar-refractivity contribution in [3.05, 3.63) is 40.9 Å². The van der Waals surface area contributed by atoms with E-state index in [4.69, 9.17) is 16.3 Å². The monoisotopic (exact) mass is 358 g/mol. The van der Waals surface area contributed by atoms with E-state index < -0.39 is 4.31 Å². The number of allylic oxidation sites excluding steroid dienone is 2. The van der Waals surface area contributed by atoms with Crippen LogP contribution in [0.25, 0.3) is 0 Å². The predicted molar refractivity (Wildman–Crippen MR) is 83.7 cm³/mol. The van der Waals surface area contributed by atoms with Crippen molar-refractivity contribution in [1.29, 1.82) is 0 Å². The summed E-state index contributed by atoms with van der Waals surface area (Å²) in [7, 11) is 1.49. The first-order valence-electron chi connectivity index (χ1n) is 6.66. The zero-order valence-electron chi connectivity index (χ0n) is 12.0. The summed E-state index contributed by atoms with van der Waals surface area (Å²) in [5.74, 6) is 0.222. The summed E-state index contributed by atoms with van der Waals surface area (Å²) in [6.07, 6.45) is 3.92. The molecule has 0 radical (unpaired) electrons. The van der Waals surface area contributed by atoms with Gasteiger partial charge in [-0.1, -0.05) is 0 Å². The Labute approximate surface area is 131 Å². The van der Waals surface area contributed by atoms with E-state index >= 15 is 0 Å². The van der Waals surface area contributed by atoms with Crippen LogP contribution in [-0.4, -0.2) is 28.0 Å². The van der Waals surface area contributed by atoms with Gasteiger partial charge in [0.15, 0.2) is 0 Å². The minimum absolute atomic E-state index is 0.0291. The van der Waals surface area contributed by atoms with Crippen LogP contribution in [0.1, 0.15) is 26.7 Å². The third-order valence-corrected chi connectivity index (χ3v) is 7.45. The molecule has 0 saturated heterocycles. The number of benzene rings is 1. The number of ether oxygens (including phenoxy) is 1. The summed E-state index contributed by atoms with van der Waals surface area (Å²) < 4.78 is 5.91. The van der Waals surface area contributed by atoms with Gasteiger partial charge in [0.05, 0.1) is 0 Å².